The molecule has 3 N–H and O–H groups in total. The standard InChI is InChI=1S/C14H20BrNO/c1-13(17,11-4-6-12(15)7-5-11)14(10-16)8-2-3-9-14/h4-7,17H,2-3,8-10,16H2,1H3. The Balaban J connectivity index is 2.37. The van der Waals surface area contributed by atoms with Gasteiger partial charge in [0.2, 0.25) is 0 Å². The van der Waals surface area contributed by atoms with Crippen molar-refractivity contribution in [3.63, 3.8) is 0 Å². The third-order valence-corrected chi connectivity index (χ3v) is 4.92. The lowest BCUT2D eigenvalue weighted by Crippen LogP contribution is -2.46. The van der Waals surface area contributed by atoms with E-state index in [0.29, 0.717) is 6.54 Å². The Morgan fingerprint density at radius 1 is 1.29 bits per heavy atom. The molecule has 1 aromatic rings. The van der Waals surface area contributed by atoms with Gasteiger partial charge >= 0.3 is 0 Å². The summed E-state index contributed by atoms with van der Waals surface area (Å²) in [5.41, 5.74) is 5.93. The minimum atomic E-state index is -0.834. The van der Waals surface area contributed by atoms with Crippen molar-refractivity contribution >= 4 is 15.9 Å². The van der Waals surface area contributed by atoms with Crippen LogP contribution in [0, 0.1) is 5.41 Å². The van der Waals surface area contributed by atoms with E-state index in [-0.39, 0.29) is 5.41 Å². The molecule has 3 heteroatoms. The first-order valence-electron chi connectivity index (χ1n) is 6.20. The zero-order chi connectivity index (χ0) is 12.5. The zero-order valence-corrected chi connectivity index (χ0v) is 11.8. The molecule has 0 bridgehead atoms. The van der Waals surface area contributed by atoms with Gasteiger partial charge in [0.05, 0.1) is 5.60 Å². The first-order chi connectivity index (χ1) is 8.02. The molecule has 2 rings (SSSR count). The normalized spacial score (nSPS) is 22.4. The Morgan fingerprint density at radius 2 is 1.82 bits per heavy atom. The largest absolute Gasteiger partial charge is 0.385 e. The summed E-state index contributed by atoms with van der Waals surface area (Å²) in [4.78, 5) is 0. The molecule has 17 heavy (non-hydrogen) atoms. The fourth-order valence-electron chi connectivity index (χ4n) is 3.02. The summed E-state index contributed by atoms with van der Waals surface area (Å²) in [5, 5.41) is 10.9. The summed E-state index contributed by atoms with van der Waals surface area (Å²) in [6.45, 7) is 2.46. The molecule has 94 valence electrons. The van der Waals surface area contributed by atoms with Crippen LogP contribution in [0.1, 0.15) is 38.2 Å². The second-order valence-corrected chi connectivity index (χ2v) is 6.19. The lowest BCUT2D eigenvalue weighted by Gasteiger charge is -2.42. The van der Waals surface area contributed by atoms with Crippen molar-refractivity contribution in [1.29, 1.82) is 0 Å². The highest BCUT2D eigenvalue weighted by atomic mass is 79.9. The Labute approximate surface area is 111 Å². The van der Waals surface area contributed by atoms with E-state index in [1.165, 1.54) is 12.8 Å². The lowest BCUT2D eigenvalue weighted by molar-refractivity contribution is -0.0693. The summed E-state index contributed by atoms with van der Waals surface area (Å²) < 4.78 is 1.03. The Bertz CT molecular complexity index is 380. The average molecular weight is 298 g/mol. The van der Waals surface area contributed by atoms with Crippen molar-refractivity contribution in [2.24, 2.45) is 11.1 Å². The molecule has 0 saturated heterocycles. The van der Waals surface area contributed by atoms with E-state index in [1.807, 2.05) is 31.2 Å². The van der Waals surface area contributed by atoms with Crippen LogP contribution in [0.3, 0.4) is 0 Å². The maximum Gasteiger partial charge on any atom is 0.0936 e. The fourth-order valence-corrected chi connectivity index (χ4v) is 3.29. The van der Waals surface area contributed by atoms with Crippen molar-refractivity contribution in [3.8, 4) is 0 Å². The molecular weight excluding hydrogens is 278 g/mol. The summed E-state index contributed by atoms with van der Waals surface area (Å²) in [5.74, 6) is 0. The van der Waals surface area contributed by atoms with Gasteiger partial charge in [0.15, 0.2) is 0 Å². The van der Waals surface area contributed by atoms with E-state index in [4.69, 9.17) is 5.73 Å². The number of benzene rings is 1. The monoisotopic (exact) mass is 297 g/mol. The van der Waals surface area contributed by atoms with Crippen molar-refractivity contribution in [3.05, 3.63) is 34.3 Å². The smallest absolute Gasteiger partial charge is 0.0936 e. The van der Waals surface area contributed by atoms with Gasteiger partial charge in [-0.05, 0) is 37.5 Å². The van der Waals surface area contributed by atoms with Crippen LogP contribution in [0.2, 0.25) is 0 Å². The molecular formula is C14H20BrNO. The van der Waals surface area contributed by atoms with Gasteiger partial charge in [-0.25, -0.2) is 0 Å². The molecule has 0 amide bonds. The maximum absolute atomic E-state index is 10.9. The summed E-state index contributed by atoms with van der Waals surface area (Å²) in [6, 6.07) is 7.92. The van der Waals surface area contributed by atoms with Crippen LogP contribution in [0.5, 0.6) is 0 Å². The van der Waals surface area contributed by atoms with Crippen LogP contribution in [0.15, 0.2) is 28.7 Å². The van der Waals surface area contributed by atoms with Gasteiger partial charge in [0.25, 0.3) is 0 Å². The van der Waals surface area contributed by atoms with Crippen molar-refractivity contribution in [2.75, 3.05) is 6.54 Å². The van der Waals surface area contributed by atoms with Gasteiger partial charge in [-0.15, -0.1) is 0 Å². The highest BCUT2D eigenvalue weighted by Gasteiger charge is 2.48. The van der Waals surface area contributed by atoms with Gasteiger partial charge < -0.3 is 10.8 Å². The van der Waals surface area contributed by atoms with E-state index in [0.717, 1.165) is 22.9 Å². The quantitative estimate of drug-likeness (QED) is 0.900. The number of nitrogens with two attached hydrogens (primary N) is 1. The molecule has 1 saturated carbocycles. The SMILES string of the molecule is CC(O)(c1ccc(Br)cc1)C1(CN)CCCC1. The van der Waals surface area contributed by atoms with Crippen LogP contribution in [-0.4, -0.2) is 11.7 Å². The average Bonchev–Trinajstić information content (AvgIpc) is 2.79. The van der Waals surface area contributed by atoms with Crippen LogP contribution in [-0.2, 0) is 5.60 Å². The van der Waals surface area contributed by atoms with E-state index < -0.39 is 5.60 Å². The molecule has 1 aliphatic carbocycles. The fraction of sp³-hybridized carbons (Fsp3) is 0.571. The number of halogens is 1. The molecule has 1 atom stereocenters. The van der Waals surface area contributed by atoms with Gasteiger partial charge in [-0.3, -0.25) is 0 Å². The minimum absolute atomic E-state index is 0.152. The van der Waals surface area contributed by atoms with Gasteiger partial charge in [-0.1, -0.05) is 40.9 Å². The highest BCUT2D eigenvalue weighted by Crippen LogP contribution is 2.50. The Hall–Kier alpha value is -0.380. The third-order valence-electron chi connectivity index (χ3n) is 4.39. The van der Waals surface area contributed by atoms with Gasteiger partial charge in [0.1, 0.15) is 0 Å². The molecule has 0 radical (unpaired) electrons. The van der Waals surface area contributed by atoms with Crippen LogP contribution < -0.4 is 5.73 Å². The molecule has 0 aliphatic heterocycles. The topological polar surface area (TPSA) is 46.2 Å². The second-order valence-electron chi connectivity index (χ2n) is 5.27. The summed E-state index contributed by atoms with van der Waals surface area (Å²) >= 11 is 3.42. The molecule has 2 nitrogen and oxygen atoms in total. The molecule has 0 aromatic heterocycles. The lowest BCUT2D eigenvalue weighted by atomic mass is 9.68. The first kappa shape index (κ1) is 13.1. The van der Waals surface area contributed by atoms with E-state index >= 15 is 0 Å². The number of aliphatic hydroxyl groups is 1. The van der Waals surface area contributed by atoms with E-state index in [9.17, 15) is 5.11 Å². The van der Waals surface area contributed by atoms with E-state index in [1.54, 1.807) is 0 Å². The van der Waals surface area contributed by atoms with Crippen molar-refractivity contribution in [2.45, 2.75) is 38.2 Å². The number of hydrogen-bond donors (Lipinski definition) is 2. The predicted molar refractivity (Wildman–Crippen MR) is 73.7 cm³/mol. The molecule has 1 aromatic carbocycles. The molecule has 1 fully saturated rings. The summed E-state index contributed by atoms with van der Waals surface area (Å²) in [6.07, 6.45) is 4.38. The van der Waals surface area contributed by atoms with Crippen LogP contribution in [0.4, 0.5) is 0 Å². The van der Waals surface area contributed by atoms with Crippen LogP contribution in [0.25, 0.3) is 0 Å². The van der Waals surface area contributed by atoms with Gasteiger partial charge in [-0.2, -0.15) is 0 Å². The Kier molecular flexibility index (Phi) is 3.62. The molecule has 0 heterocycles. The predicted octanol–water partition coefficient (Wildman–Crippen LogP) is 3.18. The third kappa shape index (κ3) is 2.16. The number of hydrogen-bond acceptors (Lipinski definition) is 2. The summed E-state index contributed by atoms with van der Waals surface area (Å²) in [7, 11) is 0. The van der Waals surface area contributed by atoms with Crippen molar-refractivity contribution in [1.82, 2.24) is 0 Å². The molecule has 0 spiro atoms. The van der Waals surface area contributed by atoms with Crippen LogP contribution >= 0.6 is 15.9 Å². The Morgan fingerprint density at radius 3 is 2.29 bits per heavy atom. The van der Waals surface area contributed by atoms with Gasteiger partial charge in [0, 0.05) is 16.4 Å². The minimum Gasteiger partial charge on any atom is -0.385 e. The maximum atomic E-state index is 10.9. The second kappa shape index (κ2) is 4.71. The first-order valence-corrected chi connectivity index (χ1v) is 7.00. The number of rotatable bonds is 3. The molecule has 1 unspecified atom stereocenters. The van der Waals surface area contributed by atoms with Crippen molar-refractivity contribution < 1.29 is 5.11 Å². The zero-order valence-electron chi connectivity index (χ0n) is 10.2. The molecule has 1 aliphatic rings. The van der Waals surface area contributed by atoms with E-state index in [2.05, 4.69) is 15.9 Å². The highest BCUT2D eigenvalue weighted by molar-refractivity contribution is 9.10.